The van der Waals surface area contributed by atoms with Crippen LogP contribution in [0.4, 0.5) is 20.5 Å². The van der Waals surface area contributed by atoms with Gasteiger partial charge in [0.1, 0.15) is 22.9 Å². The fraction of sp³-hybridized carbons (Fsp3) is 0.393. The van der Waals surface area contributed by atoms with Crippen molar-refractivity contribution in [2.24, 2.45) is 0 Å². The summed E-state index contributed by atoms with van der Waals surface area (Å²) in [4.78, 5) is 34.0. The summed E-state index contributed by atoms with van der Waals surface area (Å²) in [5.41, 5.74) is 1.43. The highest BCUT2D eigenvalue weighted by Gasteiger charge is 2.33. The normalized spacial score (nSPS) is 18.2. The van der Waals surface area contributed by atoms with E-state index in [9.17, 15) is 9.18 Å². The van der Waals surface area contributed by atoms with Crippen LogP contribution in [0.2, 0.25) is 0 Å². The number of hydrogen-bond donors (Lipinski definition) is 1. The number of carbonyl (C=O) groups is 1. The predicted molar refractivity (Wildman–Crippen MR) is 144 cm³/mol. The second-order valence-electron chi connectivity index (χ2n) is 11.1. The van der Waals surface area contributed by atoms with Crippen molar-refractivity contribution in [3.63, 3.8) is 0 Å². The van der Waals surface area contributed by atoms with Crippen molar-refractivity contribution < 1.29 is 13.6 Å². The topological polar surface area (TPSA) is 92.1 Å². The lowest BCUT2D eigenvalue weighted by Gasteiger charge is -2.22. The first-order valence-corrected chi connectivity index (χ1v) is 13.0. The quantitative estimate of drug-likeness (QED) is 0.408. The molecule has 0 saturated carbocycles. The second-order valence-corrected chi connectivity index (χ2v) is 11.1. The van der Waals surface area contributed by atoms with Crippen LogP contribution in [-0.2, 0) is 12.0 Å². The SMILES string of the molecule is CN(C)[C@H]1CCN(C(=O)c2ccc(Nc3ncc(F)c(-c4cc(F)c5nc6n(c5c4)C(C)(C)CC6)n3)nc2)C1. The summed E-state index contributed by atoms with van der Waals surface area (Å²) in [6, 6.07) is 6.68. The maximum Gasteiger partial charge on any atom is 0.255 e. The van der Waals surface area contributed by atoms with E-state index < -0.39 is 11.6 Å². The Hall–Kier alpha value is -3.99. The van der Waals surface area contributed by atoms with Crippen molar-refractivity contribution >= 4 is 28.7 Å². The molecule has 6 rings (SSSR count). The summed E-state index contributed by atoms with van der Waals surface area (Å²) >= 11 is 0. The van der Waals surface area contributed by atoms with Crippen LogP contribution in [0, 0.1) is 11.6 Å². The van der Waals surface area contributed by atoms with Gasteiger partial charge in [0.15, 0.2) is 11.6 Å². The van der Waals surface area contributed by atoms with Crippen molar-refractivity contribution in [3.05, 3.63) is 59.7 Å². The van der Waals surface area contributed by atoms with Crippen LogP contribution in [-0.4, -0.2) is 73.4 Å². The van der Waals surface area contributed by atoms with Gasteiger partial charge in [0.25, 0.3) is 5.91 Å². The molecular weight excluding hydrogens is 502 g/mol. The van der Waals surface area contributed by atoms with Crippen LogP contribution in [0.5, 0.6) is 0 Å². The van der Waals surface area contributed by atoms with Gasteiger partial charge in [-0.2, -0.15) is 0 Å². The zero-order valence-corrected chi connectivity index (χ0v) is 22.4. The zero-order valence-electron chi connectivity index (χ0n) is 22.4. The Balaban J connectivity index is 1.25. The number of hydrogen-bond acceptors (Lipinski definition) is 7. The van der Waals surface area contributed by atoms with Crippen LogP contribution in [0.3, 0.4) is 0 Å². The predicted octanol–water partition coefficient (Wildman–Crippen LogP) is 4.37. The summed E-state index contributed by atoms with van der Waals surface area (Å²) in [7, 11) is 4.03. The second kappa shape index (κ2) is 9.33. The fourth-order valence-electron chi connectivity index (χ4n) is 5.56. The Morgan fingerprint density at radius 2 is 1.92 bits per heavy atom. The smallest absolute Gasteiger partial charge is 0.255 e. The summed E-state index contributed by atoms with van der Waals surface area (Å²) in [6.07, 6.45) is 5.15. The molecule has 0 radical (unpaired) electrons. The van der Waals surface area contributed by atoms with Crippen LogP contribution in [0.15, 0.2) is 36.7 Å². The number of likely N-dealkylation sites (N-methyl/N-ethyl adjacent to an activating group) is 1. The Morgan fingerprint density at radius 1 is 1.10 bits per heavy atom. The molecule has 4 aromatic rings. The van der Waals surface area contributed by atoms with Crippen molar-refractivity contribution in [1.82, 2.24) is 34.3 Å². The van der Waals surface area contributed by atoms with Gasteiger partial charge in [-0.3, -0.25) is 4.79 Å². The minimum atomic E-state index is -0.671. The molecule has 9 nitrogen and oxygen atoms in total. The van der Waals surface area contributed by atoms with Gasteiger partial charge in [0, 0.05) is 42.9 Å². The number of carbonyl (C=O) groups excluding carboxylic acids is 1. The van der Waals surface area contributed by atoms with E-state index in [2.05, 4.69) is 44.0 Å². The number of nitrogens with zero attached hydrogens (tertiary/aromatic N) is 7. The van der Waals surface area contributed by atoms with Crippen molar-refractivity contribution in [2.75, 3.05) is 32.5 Å². The molecule has 1 atom stereocenters. The number of aryl methyl sites for hydroxylation is 1. The van der Waals surface area contributed by atoms with E-state index in [-0.39, 0.29) is 28.6 Å². The molecule has 5 heterocycles. The number of halogens is 2. The molecule has 2 aliphatic heterocycles. The number of anilines is 2. The Bertz CT molecular complexity index is 1580. The summed E-state index contributed by atoms with van der Waals surface area (Å²) in [6.45, 7) is 5.56. The van der Waals surface area contributed by atoms with Gasteiger partial charge in [0.2, 0.25) is 5.95 Å². The molecule has 2 aliphatic rings. The van der Waals surface area contributed by atoms with Gasteiger partial charge in [-0.15, -0.1) is 0 Å². The molecule has 0 aliphatic carbocycles. The van der Waals surface area contributed by atoms with E-state index in [1.165, 1.54) is 12.3 Å². The average Bonchev–Trinajstić information content (AvgIpc) is 3.61. The first-order chi connectivity index (χ1) is 18.6. The molecule has 0 bridgehead atoms. The Labute approximate surface area is 224 Å². The Morgan fingerprint density at radius 3 is 2.64 bits per heavy atom. The third-order valence-corrected chi connectivity index (χ3v) is 7.80. The molecule has 0 spiro atoms. The number of fused-ring (bicyclic) bond motifs is 3. The molecular formula is C28H30F2N8O. The van der Waals surface area contributed by atoms with E-state index in [1.54, 1.807) is 18.2 Å². The lowest BCUT2D eigenvalue weighted by Crippen LogP contribution is -2.34. The first-order valence-electron chi connectivity index (χ1n) is 13.0. The summed E-state index contributed by atoms with van der Waals surface area (Å²) < 4.78 is 32.0. The molecule has 1 amide bonds. The van der Waals surface area contributed by atoms with Crippen molar-refractivity contribution in [3.8, 4) is 11.3 Å². The monoisotopic (exact) mass is 532 g/mol. The van der Waals surface area contributed by atoms with Gasteiger partial charge < -0.3 is 19.7 Å². The molecule has 11 heteroatoms. The molecule has 0 unspecified atom stereocenters. The highest BCUT2D eigenvalue weighted by atomic mass is 19.1. The van der Waals surface area contributed by atoms with Gasteiger partial charge in [-0.05, 0) is 65.0 Å². The fourth-order valence-corrected chi connectivity index (χ4v) is 5.56. The average molecular weight is 533 g/mol. The van der Waals surface area contributed by atoms with Crippen molar-refractivity contribution in [2.45, 2.75) is 44.7 Å². The number of pyridine rings is 1. The van der Waals surface area contributed by atoms with Crippen LogP contribution in [0.1, 0.15) is 42.9 Å². The molecule has 1 N–H and O–H groups in total. The van der Waals surface area contributed by atoms with Gasteiger partial charge in [0.05, 0.1) is 17.3 Å². The lowest BCUT2D eigenvalue weighted by atomic mass is 10.0. The maximum absolute atomic E-state index is 15.1. The number of benzene rings is 1. The lowest BCUT2D eigenvalue weighted by molar-refractivity contribution is 0.0782. The molecule has 39 heavy (non-hydrogen) atoms. The third kappa shape index (κ3) is 4.50. The zero-order chi connectivity index (χ0) is 27.5. The minimum Gasteiger partial charge on any atom is -0.337 e. The number of aromatic nitrogens is 5. The highest BCUT2D eigenvalue weighted by Crippen LogP contribution is 2.38. The largest absolute Gasteiger partial charge is 0.337 e. The Kier molecular flexibility index (Phi) is 6.05. The standard InChI is InChI=1S/C28H30F2N8O/c1-28(2)9-7-23-34-25-19(29)11-17(12-21(25)38(23)28)24-20(30)14-32-27(35-24)33-22-6-5-16(13-31-22)26(39)37-10-8-18(15-37)36(3)4/h5-6,11-14,18H,7-10,15H2,1-4H3,(H,31,32,33,35)/t18-/m0/s1. The highest BCUT2D eigenvalue weighted by molar-refractivity contribution is 5.94. The number of amides is 1. The number of rotatable bonds is 5. The van der Waals surface area contributed by atoms with E-state index in [0.717, 1.165) is 31.3 Å². The van der Waals surface area contributed by atoms with Gasteiger partial charge in [-0.25, -0.2) is 28.7 Å². The van der Waals surface area contributed by atoms with Crippen LogP contribution >= 0.6 is 0 Å². The third-order valence-electron chi connectivity index (χ3n) is 7.80. The molecule has 1 aromatic carbocycles. The van der Waals surface area contributed by atoms with Crippen LogP contribution < -0.4 is 5.32 Å². The minimum absolute atomic E-state index is 0.0315. The number of imidazole rings is 1. The molecule has 202 valence electrons. The summed E-state index contributed by atoms with van der Waals surface area (Å²) in [5.74, 6) is 0.0664. The summed E-state index contributed by atoms with van der Waals surface area (Å²) in [5, 5.41) is 2.96. The molecule has 3 aromatic heterocycles. The van der Waals surface area contributed by atoms with Crippen LogP contribution in [0.25, 0.3) is 22.3 Å². The van der Waals surface area contributed by atoms with E-state index in [0.29, 0.717) is 41.6 Å². The van der Waals surface area contributed by atoms with Crippen molar-refractivity contribution in [1.29, 1.82) is 0 Å². The molecule has 1 fully saturated rings. The van der Waals surface area contributed by atoms with Gasteiger partial charge in [-0.1, -0.05) is 0 Å². The first kappa shape index (κ1) is 25.3. The van der Waals surface area contributed by atoms with E-state index in [4.69, 9.17) is 0 Å². The van der Waals surface area contributed by atoms with E-state index in [1.807, 2.05) is 23.6 Å². The number of nitrogens with one attached hydrogen (secondary N) is 1. The van der Waals surface area contributed by atoms with E-state index >= 15 is 4.39 Å². The number of likely N-dealkylation sites (tertiary alicyclic amines) is 1. The molecule has 1 saturated heterocycles. The maximum atomic E-state index is 15.1. The van der Waals surface area contributed by atoms with Gasteiger partial charge >= 0.3 is 0 Å².